The summed E-state index contributed by atoms with van der Waals surface area (Å²) in [7, 11) is 1.29. The second kappa shape index (κ2) is 6.18. The number of thiazole rings is 1. The molecule has 1 aromatic rings. The molecule has 0 aliphatic heterocycles. The molecule has 0 unspecified atom stereocenters. The van der Waals surface area contributed by atoms with E-state index in [1.165, 1.54) is 7.11 Å². The molecular weight excluding hydrogens is 264 g/mol. The van der Waals surface area contributed by atoms with Crippen molar-refractivity contribution in [1.82, 2.24) is 4.98 Å². The largest absolute Gasteiger partial charge is 0.465 e. The molecule has 1 heterocycles. The first-order chi connectivity index (χ1) is 7.99. The number of rotatable bonds is 5. The molecule has 96 valence electrons. The molecule has 5 nitrogen and oxygen atoms in total. The molecule has 1 atom stereocenters. The van der Waals surface area contributed by atoms with Crippen LogP contribution in [-0.2, 0) is 4.74 Å². The van der Waals surface area contributed by atoms with E-state index in [0.717, 1.165) is 11.3 Å². The van der Waals surface area contributed by atoms with Crippen LogP contribution < -0.4 is 5.32 Å². The second-order valence-corrected chi connectivity index (χ2v) is 5.17. The van der Waals surface area contributed by atoms with Gasteiger partial charge in [0.2, 0.25) is 0 Å². The fourth-order valence-electron chi connectivity index (χ4n) is 1.16. The van der Waals surface area contributed by atoms with Crippen LogP contribution in [0.1, 0.15) is 23.5 Å². The lowest BCUT2D eigenvalue weighted by molar-refractivity contribution is 0.0606. The van der Waals surface area contributed by atoms with Crippen LogP contribution in [0.4, 0.5) is 5.13 Å². The smallest absolute Gasteiger partial charge is 0.351 e. The van der Waals surface area contributed by atoms with Crippen molar-refractivity contribution in [3.05, 3.63) is 10.0 Å². The number of aliphatic hydroxyl groups is 1. The zero-order chi connectivity index (χ0) is 13.0. The van der Waals surface area contributed by atoms with E-state index < -0.39 is 5.97 Å². The normalized spacial score (nSPS) is 12.6. The number of ether oxygens (including phenoxy) is 1. The summed E-state index contributed by atoms with van der Waals surface area (Å²) >= 11 is 6.93. The van der Waals surface area contributed by atoms with Gasteiger partial charge in [-0.05, 0) is 5.92 Å². The van der Waals surface area contributed by atoms with E-state index in [4.69, 9.17) is 11.6 Å². The molecule has 17 heavy (non-hydrogen) atoms. The number of aromatic nitrogens is 1. The van der Waals surface area contributed by atoms with Crippen molar-refractivity contribution in [3.8, 4) is 0 Å². The molecule has 0 saturated carbocycles. The maximum atomic E-state index is 11.3. The summed E-state index contributed by atoms with van der Waals surface area (Å²) in [6, 6.07) is -0.122. The van der Waals surface area contributed by atoms with Gasteiger partial charge in [0.05, 0.1) is 19.8 Å². The molecule has 2 N–H and O–H groups in total. The number of anilines is 1. The Morgan fingerprint density at radius 3 is 2.76 bits per heavy atom. The molecule has 0 amide bonds. The van der Waals surface area contributed by atoms with Crippen molar-refractivity contribution >= 4 is 34.0 Å². The SMILES string of the molecule is COC(=O)c1sc(N[C@H](CO)C(C)C)nc1Cl. The highest BCUT2D eigenvalue weighted by molar-refractivity contribution is 7.18. The highest BCUT2D eigenvalue weighted by atomic mass is 35.5. The Morgan fingerprint density at radius 1 is 1.65 bits per heavy atom. The van der Waals surface area contributed by atoms with E-state index in [1.807, 2.05) is 13.8 Å². The molecule has 0 spiro atoms. The second-order valence-electron chi connectivity index (χ2n) is 3.81. The molecule has 0 aliphatic rings. The molecular formula is C10H15ClN2O3S. The highest BCUT2D eigenvalue weighted by Gasteiger charge is 2.20. The molecule has 0 bridgehead atoms. The fraction of sp³-hybridized carbons (Fsp3) is 0.600. The Bertz CT molecular complexity index is 395. The van der Waals surface area contributed by atoms with Crippen molar-refractivity contribution in [2.75, 3.05) is 19.0 Å². The van der Waals surface area contributed by atoms with Crippen molar-refractivity contribution < 1.29 is 14.6 Å². The number of carbonyl (C=O) groups is 1. The first-order valence-corrected chi connectivity index (χ1v) is 6.31. The van der Waals surface area contributed by atoms with Crippen molar-refractivity contribution in [1.29, 1.82) is 0 Å². The average Bonchev–Trinajstić information content (AvgIpc) is 2.65. The minimum absolute atomic E-state index is 0.0115. The molecule has 7 heteroatoms. The number of hydrogen-bond donors (Lipinski definition) is 2. The first-order valence-electron chi connectivity index (χ1n) is 5.11. The summed E-state index contributed by atoms with van der Waals surface area (Å²) < 4.78 is 4.58. The molecule has 0 aliphatic carbocycles. The number of aliphatic hydroxyl groups excluding tert-OH is 1. The van der Waals surface area contributed by atoms with Crippen LogP contribution in [0.5, 0.6) is 0 Å². The molecule has 0 saturated heterocycles. The van der Waals surface area contributed by atoms with Crippen LogP contribution in [0.25, 0.3) is 0 Å². The molecule has 1 aromatic heterocycles. The Labute approximate surface area is 109 Å². The van der Waals surface area contributed by atoms with E-state index in [2.05, 4.69) is 15.0 Å². The van der Waals surface area contributed by atoms with E-state index in [9.17, 15) is 9.90 Å². The molecule has 0 aromatic carbocycles. The summed E-state index contributed by atoms with van der Waals surface area (Å²) in [6.45, 7) is 3.94. The minimum atomic E-state index is -0.509. The summed E-state index contributed by atoms with van der Waals surface area (Å²) in [5.41, 5.74) is 0. The van der Waals surface area contributed by atoms with Gasteiger partial charge in [-0.15, -0.1) is 0 Å². The van der Waals surface area contributed by atoms with Crippen LogP contribution in [0, 0.1) is 5.92 Å². The lowest BCUT2D eigenvalue weighted by Gasteiger charge is -2.18. The summed E-state index contributed by atoms with van der Waals surface area (Å²) in [6.07, 6.45) is 0. The minimum Gasteiger partial charge on any atom is -0.465 e. The van der Waals surface area contributed by atoms with Crippen LogP contribution in [0.3, 0.4) is 0 Å². The number of esters is 1. The van der Waals surface area contributed by atoms with Crippen LogP contribution in [0.2, 0.25) is 5.15 Å². The Morgan fingerprint density at radius 2 is 2.29 bits per heavy atom. The van der Waals surface area contributed by atoms with Gasteiger partial charge in [-0.3, -0.25) is 0 Å². The highest BCUT2D eigenvalue weighted by Crippen LogP contribution is 2.28. The van der Waals surface area contributed by atoms with Crippen molar-refractivity contribution in [2.45, 2.75) is 19.9 Å². The van der Waals surface area contributed by atoms with Crippen LogP contribution in [0.15, 0.2) is 0 Å². The Balaban J connectivity index is 2.83. The Hall–Kier alpha value is -0.850. The lowest BCUT2D eigenvalue weighted by atomic mass is 10.1. The van der Waals surface area contributed by atoms with Gasteiger partial charge in [-0.1, -0.05) is 36.8 Å². The predicted molar refractivity (Wildman–Crippen MR) is 67.8 cm³/mol. The number of nitrogens with zero attached hydrogens (tertiary/aromatic N) is 1. The third-order valence-corrected chi connectivity index (χ3v) is 3.62. The topological polar surface area (TPSA) is 71.5 Å². The zero-order valence-corrected chi connectivity index (χ0v) is 11.4. The quantitative estimate of drug-likeness (QED) is 0.806. The van der Waals surface area contributed by atoms with Crippen LogP contribution in [-0.4, -0.2) is 35.8 Å². The number of nitrogens with one attached hydrogen (secondary N) is 1. The van der Waals surface area contributed by atoms with E-state index >= 15 is 0 Å². The summed E-state index contributed by atoms with van der Waals surface area (Å²) in [4.78, 5) is 15.6. The van der Waals surface area contributed by atoms with Gasteiger partial charge >= 0.3 is 5.97 Å². The van der Waals surface area contributed by atoms with E-state index in [-0.39, 0.29) is 28.6 Å². The maximum absolute atomic E-state index is 11.3. The number of carbonyl (C=O) groups excluding carboxylic acids is 1. The summed E-state index contributed by atoms with van der Waals surface area (Å²) in [5, 5.41) is 12.8. The van der Waals surface area contributed by atoms with Gasteiger partial charge < -0.3 is 15.2 Å². The number of halogens is 1. The number of hydrogen-bond acceptors (Lipinski definition) is 6. The lowest BCUT2D eigenvalue weighted by Crippen LogP contribution is -2.29. The van der Waals surface area contributed by atoms with E-state index in [1.54, 1.807) is 0 Å². The van der Waals surface area contributed by atoms with Crippen molar-refractivity contribution in [3.63, 3.8) is 0 Å². The maximum Gasteiger partial charge on any atom is 0.351 e. The summed E-state index contributed by atoms with van der Waals surface area (Å²) in [5.74, 6) is -0.269. The van der Waals surface area contributed by atoms with Gasteiger partial charge in [0.25, 0.3) is 0 Å². The molecule has 0 fully saturated rings. The number of methoxy groups -OCH3 is 1. The monoisotopic (exact) mass is 278 g/mol. The predicted octanol–water partition coefficient (Wildman–Crippen LogP) is 2.01. The third-order valence-electron chi connectivity index (χ3n) is 2.27. The van der Waals surface area contributed by atoms with Gasteiger partial charge in [-0.2, -0.15) is 0 Å². The van der Waals surface area contributed by atoms with Gasteiger partial charge in [0, 0.05) is 0 Å². The third kappa shape index (κ3) is 3.55. The van der Waals surface area contributed by atoms with Gasteiger partial charge in [0.15, 0.2) is 15.2 Å². The first kappa shape index (κ1) is 14.2. The van der Waals surface area contributed by atoms with E-state index in [0.29, 0.717) is 5.13 Å². The van der Waals surface area contributed by atoms with Gasteiger partial charge in [-0.25, -0.2) is 9.78 Å². The van der Waals surface area contributed by atoms with Gasteiger partial charge in [0.1, 0.15) is 0 Å². The average molecular weight is 279 g/mol. The molecule has 0 radical (unpaired) electrons. The van der Waals surface area contributed by atoms with Crippen molar-refractivity contribution in [2.24, 2.45) is 5.92 Å². The van der Waals surface area contributed by atoms with Crippen LogP contribution >= 0.6 is 22.9 Å². The zero-order valence-electron chi connectivity index (χ0n) is 9.86. The Kier molecular flexibility index (Phi) is 5.17. The fourth-order valence-corrected chi connectivity index (χ4v) is 2.33. The standard InChI is InChI=1S/C10H15ClN2O3S/c1-5(2)6(4-14)12-10-13-8(11)7(17-10)9(15)16-3/h5-6,14H,4H2,1-3H3,(H,12,13)/t6-/m1/s1. The molecule has 1 rings (SSSR count).